The van der Waals surface area contributed by atoms with Gasteiger partial charge in [0, 0.05) is 10.0 Å². The summed E-state index contributed by atoms with van der Waals surface area (Å²) >= 11 is 3.15. The lowest BCUT2D eigenvalue weighted by atomic mass is 10.1. The Morgan fingerprint density at radius 1 is 1.57 bits per heavy atom. The molecule has 4 heteroatoms. The molecule has 0 saturated heterocycles. The summed E-state index contributed by atoms with van der Waals surface area (Å²) in [5, 5.41) is 8.63. The smallest absolute Gasteiger partial charge is 0.331 e. The number of benzene rings is 1. The number of carbonyl (C=O) groups is 1. The number of halogens is 2. The molecule has 0 heterocycles. The van der Waals surface area contributed by atoms with Crippen molar-refractivity contribution in [2.45, 2.75) is 6.92 Å². The molecule has 1 N–H and O–H groups in total. The quantitative estimate of drug-likeness (QED) is 0.828. The Hall–Kier alpha value is -1.16. The topological polar surface area (TPSA) is 37.3 Å². The van der Waals surface area contributed by atoms with Gasteiger partial charge in [-0.3, -0.25) is 0 Å². The summed E-state index contributed by atoms with van der Waals surface area (Å²) < 4.78 is 13.2. The van der Waals surface area contributed by atoms with Crippen molar-refractivity contribution in [1.29, 1.82) is 0 Å². The first kappa shape index (κ1) is 10.9. The number of rotatable bonds is 2. The molecule has 0 radical (unpaired) electrons. The van der Waals surface area contributed by atoms with Gasteiger partial charge < -0.3 is 5.11 Å². The summed E-state index contributed by atoms with van der Waals surface area (Å²) in [4.78, 5) is 10.5. The van der Waals surface area contributed by atoms with Crippen molar-refractivity contribution >= 4 is 28.0 Å². The fourth-order valence-corrected chi connectivity index (χ4v) is 1.38. The van der Waals surface area contributed by atoms with Crippen LogP contribution in [0.15, 0.2) is 28.2 Å². The van der Waals surface area contributed by atoms with Crippen LogP contribution in [0, 0.1) is 5.82 Å². The molecule has 1 aromatic carbocycles. The monoisotopic (exact) mass is 258 g/mol. The third-order valence-corrected chi connectivity index (χ3v) is 2.36. The molecule has 0 aromatic heterocycles. The van der Waals surface area contributed by atoms with Crippen LogP contribution in [-0.4, -0.2) is 11.1 Å². The van der Waals surface area contributed by atoms with Crippen LogP contribution >= 0.6 is 15.9 Å². The van der Waals surface area contributed by atoms with Crippen LogP contribution in [0.4, 0.5) is 4.39 Å². The molecule has 0 saturated carbocycles. The second-order valence-electron chi connectivity index (χ2n) is 2.80. The molecule has 0 atom stereocenters. The van der Waals surface area contributed by atoms with Crippen LogP contribution in [-0.2, 0) is 4.79 Å². The summed E-state index contributed by atoms with van der Waals surface area (Å²) in [6.45, 7) is 1.48. The molecular formula is C10H8BrFO2. The molecule has 0 bridgehead atoms. The van der Waals surface area contributed by atoms with Crippen molar-refractivity contribution in [3.05, 3.63) is 39.6 Å². The number of hydrogen-bond donors (Lipinski definition) is 1. The van der Waals surface area contributed by atoms with Gasteiger partial charge in [-0.05, 0) is 30.7 Å². The van der Waals surface area contributed by atoms with E-state index in [1.54, 1.807) is 0 Å². The SMILES string of the molecule is C/C(=C\c1ccc(F)cc1Br)C(=O)O. The lowest BCUT2D eigenvalue weighted by Crippen LogP contribution is -1.95. The van der Waals surface area contributed by atoms with Crippen molar-refractivity contribution < 1.29 is 14.3 Å². The summed E-state index contributed by atoms with van der Waals surface area (Å²) in [7, 11) is 0. The fourth-order valence-electron chi connectivity index (χ4n) is 0.914. The Balaban J connectivity index is 3.09. The van der Waals surface area contributed by atoms with Gasteiger partial charge in [-0.15, -0.1) is 0 Å². The molecule has 2 nitrogen and oxygen atoms in total. The van der Waals surface area contributed by atoms with Gasteiger partial charge in [-0.25, -0.2) is 9.18 Å². The predicted molar refractivity (Wildman–Crippen MR) is 55.4 cm³/mol. The summed E-state index contributed by atoms with van der Waals surface area (Å²) in [6.07, 6.45) is 1.48. The minimum absolute atomic E-state index is 0.206. The number of hydrogen-bond acceptors (Lipinski definition) is 1. The van der Waals surface area contributed by atoms with Crippen LogP contribution in [0.2, 0.25) is 0 Å². The van der Waals surface area contributed by atoms with Crippen molar-refractivity contribution in [3.63, 3.8) is 0 Å². The van der Waals surface area contributed by atoms with E-state index >= 15 is 0 Å². The Morgan fingerprint density at radius 3 is 2.71 bits per heavy atom. The van der Waals surface area contributed by atoms with Crippen LogP contribution < -0.4 is 0 Å². The highest BCUT2D eigenvalue weighted by Crippen LogP contribution is 2.20. The van der Waals surface area contributed by atoms with Crippen LogP contribution in [0.3, 0.4) is 0 Å². The van der Waals surface area contributed by atoms with Crippen molar-refractivity contribution in [2.24, 2.45) is 0 Å². The maximum atomic E-state index is 12.7. The highest BCUT2D eigenvalue weighted by atomic mass is 79.9. The number of carboxylic acids is 1. The van der Waals surface area contributed by atoms with Crippen LogP contribution in [0.1, 0.15) is 12.5 Å². The van der Waals surface area contributed by atoms with E-state index in [0.29, 0.717) is 10.0 Å². The van der Waals surface area contributed by atoms with Gasteiger partial charge >= 0.3 is 5.97 Å². The molecule has 0 aliphatic heterocycles. The van der Waals surface area contributed by atoms with Crippen molar-refractivity contribution in [3.8, 4) is 0 Å². The molecule has 74 valence electrons. The van der Waals surface area contributed by atoms with Gasteiger partial charge in [0.25, 0.3) is 0 Å². The molecule has 0 spiro atoms. The van der Waals surface area contributed by atoms with E-state index < -0.39 is 5.97 Å². The summed E-state index contributed by atoms with van der Waals surface area (Å²) in [5.41, 5.74) is 0.851. The first-order valence-corrected chi connectivity index (χ1v) is 4.66. The van der Waals surface area contributed by atoms with E-state index in [9.17, 15) is 9.18 Å². The van der Waals surface area contributed by atoms with Crippen molar-refractivity contribution in [1.82, 2.24) is 0 Å². The molecule has 0 unspecified atom stereocenters. The standard InChI is InChI=1S/C10H8BrFO2/c1-6(10(13)14)4-7-2-3-8(12)5-9(7)11/h2-5H,1H3,(H,13,14)/b6-4+. The zero-order valence-corrected chi connectivity index (χ0v) is 9.01. The minimum Gasteiger partial charge on any atom is -0.478 e. The lowest BCUT2D eigenvalue weighted by molar-refractivity contribution is -0.132. The summed E-state index contributed by atoms with van der Waals surface area (Å²) in [5.74, 6) is -1.34. The van der Waals surface area contributed by atoms with Crippen LogP contribution in [0.25, 0.3) is 6.08 Å². The molecule has 0 fully saturated rings. The van der Waals surface area contributed by atoms with Gasteiger partial charge in [-0.1, -0.05) is 22.0 Å². The lowest BCUT2D eigenvalue weighted by Gasteiger charge is -1.99. The van der Waals surface area contributed by atoms with E-state index in [1.165, 1.54) is 31.2 Å². The second-order valence-corrected chi connectivity index (χ2v) is 3.65. The Morgan fingerprint density at radius 2 is 2.21 bits per heavy atom. The van der Waals surface area contributed by atoms with Gasteiger partial charge in [0.2, 0.25) is 0 Å². The average Bonchev–Trinajstić information content (AvgIpc) is 2.09. The molecule has 0 aliphatic rings. The fraction of sp³-hybridized carbons (Fsp3) is 0.100. The van der Waals surface area contributed by atoms with E-state index in [2.05, 4.69) is 15.9 Å². The average molecular weight is 259 g/mol. The Bertz CT molecular complexity index is 399. The molecular weight excluding hydrogens is 251 g/mol. The summed E-state index contributed by atoms with van der Waals surface area (Å²) in [6, 6.07) is 4.10. The molecule has 0 amide bonds. The maximum Gasteiger partial charge on any atom is 0.331 e. The third-order valence-electron chi connectivity index (χ3n) is 1.67. The van der Waals surface area contributed by atoms with Crippen LogP contribution in [0.5, 0.6) is 0 Å². The number of aliphatic carboxylic acids is 1. The van der Waals surface area contributed by atoms with Gasteiger partial charge in [0.15, 0.2) is 0 Å². The predicted octanol–water partition coefficient (Wildman–Crippen LogP) is 3.08. The van der Waals surface area contributed by atoms with E-state index in [-0.39, 0.29) is 11.4 Å². The normalized spacial score (nSPS) is 11.5. The Kier molecular flexibility index (Phi) is 3.41. The van der Waals surface area contributed by atoms with E-state index in [1.807, 2.05) is 0 Å². The first-order valence-electron chi connectivity index (χ1n) is 3.87. The molecule has 1 rings (SSSR count). The largest absolute Gasteiger partial charge is 0.478 e. The minimum atomic E-state index is -0.985. The maximum absolute atomic E-state index is 12.7. The first-order chi connectivity index (χ1) is 6.50. The molecule has 0 aliphatic carbocycles. The van der Waals surface area contributed by atoms with E-state index in [4.69, 9.17) is 5.11 Å². The van der Waals surface area contributed by atoms with E-state index in [0.717, 1.165) is 0 Å². The zero-order valence-electron chi connectivity index (χ0n) is 7.42. The van der Waals surface area contributed by atoms with Gasteiger partial charge in [0.1, 0.15) is 5.82 Å². The Labute approximate surface area is 89.2 Å². The third kappa shape index (κ3) is 2.67. The molecule has 1 aromatic rings. The van der Waals surface area contributed by atoms with Gasteiger partial charge in [-0.2, -0.15) is 0 Å². The second kappa shape index (κ2) is 4.37. The number of carboxylic acid groups (broad SMARTS) is 1. The zero-order chi connectivity index (χ0) is 10.7. The molecule has 14 heavy (non-hydrogen) atoms. The van der Waals surface area contributed by atoms with Gasteiger partial charge in [0.05, 0.1) is 0 Å². The highest BCUT2D eigenvalue weighted by molar-refractivity contribution is 9.10. The highest BCUT2D eigenvalue weighted by Gasteiger charge is 2.03. The van der Waals surface area contributed by atoms with Crippen molar-refractivity contribution in [2.75, 3.05) is 0 Å².